The van der Waals surface area contributed by atoms with Gasteiger partial charge in [-0.25, -0.2) is 4.79 Å². The number of aromatic carboxylic acids is 1. The lowest BCUT2D eigenvalue weighted by atomic mass is 10.1. The number of aromatic nitrogens is 1. The van der Waals surface area contributed by atoms with Crippen molar-refractivity contribution in [3.8, 4) is 0 Å². The highest BCUT2D eigenvalue weighted by Crippen LogP contribution is 2.09. The van der Waals surface area contributed by atoms with Gasteiger partial charge in [-0.2, -0.15) is 0 Å². The van der Waals surface area contributed by atoms with Crippen molar-refractivity contribution >= 4 is 11.9 Å². The summed E-state index contributed by atoms with van der Waals surface area (Å²) >= 11 is 0. The van der Waals surface area contributed by atoms with Gasteiger partial charge in [-0.05, 0) is 17.5 Å². The van der Waals surface area contributed by atoms with Crippen LogP contribution in [0.3, 0.4) is 0 Å². The van der Waals surface area contributed by atoms with E-state index in [1.807, 2.05) is 31.2 Å². The molecule has 0 aliphatic carbocycles. The zero-order chi connectivity index (χ0) is 14.5. The lowest BCUT2D eigenvalue weighted by Crippen LogP contribution is -2.23. The van der Waals surface area contributed by atoms with Crippen molar-refractivity contribution < 1.29 is 19.2 Å². The second kappa shape index (κ2) is 6.01. The maximum Gasteiger partial charge on any atom is 0.374 e. The Morgan fingerprint density at radius 3 is 2.60 bits per heavy atom. The number of hydrogen-bond donors (Lipinski definition) is 2. The molecule has 0 aliphatic rings. The minimum atomic E-state index is -1.26. The van der Waals surface area contributed by atoms with E-state index in [4.69, 9.17) is 5.11 Å². The lowest BCUT2D eigenvalue weighted by molar-refractivity contribution is 0.0651. The molecule has 1 aromatic carbocycles. The van der Waals surface area contributed by atoms with E-state index in [9.17, 15) is 9.59 Å². The number of carboxylic acids is 1. The highest BCUT2D eigenvalue weighted by molar-refractivity contribution is 5.94. The van der Waals surface area contributed by atoms with Crippen molar-refractivity contribution in [3.05, 3.63) is 52.9 Å². The van der Waals surface area contributed by atoms with Gasteiger partial charge < -0.3 is 14.9 Å². The molecule has 0 radical (unpaired) electrons. The number of carboxylic acid groups (broad SMARTS) is 1. The average Bonchev–Trinajstić information content (AvgIpc) is 2.95. The third-order valence-electron chi connectivity index (χ3n) is 2.89. The van der Waals surface area contributed by atoms with E-state index in [2.05, 4.69) is 15.0 Å². The summed E-state index contributed by atoms with van der Waals surface area (Å²) in [5.74, 6) is -2.08. The van der Waals surface area contributed by atoms with Gasteiger partial charge in [-0.1, -0.05) is 36.3 Å². The SMILES string of the molecule is CCc1ccccc1CNC(=O)c1cc(C(=O)O)on1. The normalized spacial score (nSPS) is 10.2. The number of rotatable bonds is 5. The molecule has 0 spiro atoms. The molecule has 0 atom stereocenters. The third-order valence-corrected chi connectivity index (χ3v) is 2.89. The van der Waals surface area contributed by atoms with E-state index in [-0.39, 0.29) is 11.5 Å². The second-order valence-electron chi connectivity index (χ2n) is 4.19. The molecule has 20 heavy (non-hydrogen) atoms. The van der Waals surface area contributed by atoms with Crippen LogP contribution in [0.1, 0.15) is 39.1 Å². The van der Waals surface area contributed by atoms with Crippen LogP contribution in [0.5, 0.6) is 0 Å². The van der Waals surface area contributed by atoms with E-state index in [1.165, 1.54) is 0 Å². The predicted octanol–water partition coefficient (Wildman–Crippen LogP) is 1.87. The molecule has 6 heteroatoms. The van der Waals surface area contributed by atoms with Crippen molar-refractivity contribution in [3.63, 3.8) is 0 Å². The van der Waals surface area contributed by atoms with E-state index in [0.717, 1.165) is 23.6 Å². The molecule has 0 aliphatic heterocycles. The number of nitrogens with zero attached hydrogens (tertiary/aromatic N) is 1. The predicted molar refractivity (Wildman–Crippen MR) is 70.5 cm³/mol. The van der Waals surface area contributed by atoms with Gasteiger partial charge in [0.15, 0.2) is 5.69 Å². The molecule has 2 N–H and O–H groups in total. The van der Waals surface area contributed by atoms with E-state index < -0.39 is 11.9 Å². The summed E-state index contributed by atoms with van der Waals surface area (Å²) in [5.41, 5.74) is 2.13. The smallest absolute Gasteiger partial charge is 0.374 e. The maximum absolute atomic E-state index is 11.8. The quantitative estimate of drug-likeness (QED) is 0.868. The Hall–Kier alpha value is -2.63. The van der Waals surface area contributed by atoms with Gasteiger partial charge in [0.2, 0.25) is 5.76 Å². The zero-order valence-corrected chi connectivity index (χ0v) is 10.9. The lowest BCUT2D eigenvalue weighted by Gasteiger charge is -2.07. The molecule has 0 unspecified atom stereocenters. The Morgan fingerprint density at radius 2 is 2.00 bits per heavy atom. The molecule has 2 aromatic rings. The summed E-state index contributed by atoms with van der Waals surface area (Å²) in [7, 11) is 0. The molecule has 0 bridgehead atoms. The van der Waals surface area contributed by atoms with Crippen molar-refractivity contribution in [2.75, 3.05) is 0 Å². The van der Waals surface area contributed by atoms with Gasteiger partial charge in [0, 0.05) is 12.6 Å². The fourth-order valence-corrected chi connectivity index (χ4v) is 1.82. The van der Waals surface area contributed by atoms with Crippen LogP contribution in [0, 0.1) is 0 Å². The van der Waals surface area contributed by atoms with Gasteiger partial charge in [0.05, 0.1) is 0 Å². The first kappa shape index (κ1) is 13.8. The van der Waals surface area contributed by atoms with Crippen molar-refractivity contribution in [1.29, 1.82) is 0 Å². The van der Waals surface area contributed by atoms with Gasteiger partial charge in [0.1, 0.15) is 0 Å². The van der Waals surface area contributed by atoms with Crippen LogP contribution < -0.4 is 5.32 Å². The number of carbonyl (C=O) groups is 2. The largest absolute Gasteiger partial charge is 0.475 e. The molecule has 1 heterocycles. The van der Waals surface area contributed by atoms with Crippen LogP contribution in [0.4, 0.5) is 0 Å². The van der Waals surface area contributed by atoms with Crippen molar-refractivity contribution in [2.45, 2.75) is 19.9 Å². The topological polar surface area (TPSA) is 92.4 Å². The zero-order valence-electron chi connectivity index (χ0n) is 10.9. The molecular formula is C14H14N2O4. The summed E-state index contributed by atoms with van der Waals surface area (Å²) < 4.78 is 4.53. The Bertz CT molecular complexity index is 634. The minimum Gasteiger partial charge on any atom is -0.475 e. The Balaban J connectivity index is 2.03. The Kier molecular flexibility index (Phi) is 4.14. The van der Waals surface area contributed by atoms with Crippen LogP contribution in [-0.4, -0.2) is 22.1 Å². The first-order valence-electron chi connectivity index (χ1n) is 6.16. The summed E-state index contributed by atoms with van der Waals surface area (Å²) in [6.07, 6.45) is 0.874. The summed E-state index contributed by atoms with van der Waals surface area (Å²) in [4.78, 5) is 22.5. The standard InChI is InChI=1S/C14H14N2O4/c1-2-9-5-3-4-6-10(9)8-15-13(17)11-7-12(14(18)19)20-16-11/h3-7H,2,8H2,1H3,(H,15,17)(H,18,19). The van der Waals surface area contributed by atoms with Crippen LogP contribution in [0.25, 0.3) is 0 Å². The van der Waals surface area contributed by atoms with Crippen LogP contribution in [0.2, 0.25) is 0 Å². The van der Waals surface area contributed by atoms with Crippen LogP contribution in [0.15, 0.2) is 34.9 Å². The molecule has 0 fully saturated rings. The number of nitrogens with one attached hydrogen (secondary N) is 1. The minimum absolute atomic E-state index is 0.0450. The summed E-state index contributed by atoms with van der Waals surface area (Å²) in [6.45, 7) is 2.40. The first-order valence-corrected chi connectivity index (χ1v) is 6.16. The first-order chi connectivity index (χ1) is 9.61. The van der Waals surface area contributed by atoms with Gasteiger partial charge in [0.25, 0.3) is 5.91 Å². The van der Waals surface area contributed by atoms with E-state index in [1.54, 1.807) is 0 Å². The number of carbonyl (C=O) groups excluding carboxylic acids is 1. The number of aryl methyl sites for hydroxylation is 1. The highest BCUT2D eigenvalue weighted by Gasteiger charge is 2.16. The fourth-order valence-electron chi connectivity index (χ4n) is 1.82. The molecule has 1 aromatic heterocycles. The molecule has 0 saturated carbocycles. The second-order valence-corrected chi connectivity index (χ2v) is 4.19. The van der Waals surface area contributed by atoms with Gasteiger partial charge in [-0.3, -0.25) is 4.79 Å². The number of hydrogen-bond acceptors (Lipinski definition) is 4. The summed E-state index contributed by atoms with van der Waals surface area (Å²) in [5, 5.41) is 14.8. The Morgan fingerprint density at radius 1 is 1.30 bits per heavy atom. The Labute approximate surface area is 115 Å². The van der Waals surface area contributed by atoms with Crippen LogP contribution >= 0.6 is 0 Å². The van der Waals surface area contributed by atoms with E-state index in [0.29, 0.717) is 6.54 Å². The molecule has 2 rings (SSSR count). The van der Waals surface area contributed by atoms with Crippen molar-refractivity contribution in [2.24, 2.45) is 0 Å². The van der Waals surface area contributed by atoms with Crippen LogP contribution in [-0.2, 0) is 13.0 Å². The van der Waals surface area contributed by atoms with E-state index >= 15 is 0 Å². The van der Waals surface area contributed by atoms with Crippen molar-refractivity contribution in [1.82, 2.24) is 10.5 Å². The third kappa shape index (κ3) is 3.03. The highest BCUT2D eigenvalue weighted by atomic mass is 16.5. The molecule has 104 valence electrons. The fraction of sp³-hybridized carbons (Fsp3) is 0.214. The molecular weight excluding hydrogens is 260 g/mol. The number of amides is 1. The summed E-state index contributed by atoms with van der Waals surface area (Å²) in [6, 6.07) is 8.88. The molecule has 1 amide bonds. The molecule has 0 saturated heterocycles. The monoisotopic (exact) mass is 274 g/mol. The maximum atomic E-state index is 11.8. The number of benzene rings is 1. The molecule has 6 nitrogen and oxygen atoms in total. The van der Waals surface area contributed by atoms with Gasteiger partial charge in [-0.15, -0.1) is 0 Å². The average molecular weight is 274 g/mol. The van der Waals surface area contributed by atoms with Gasteiger partial charge >= 0.3 is 5.97 Å².